The third-order valence-corrected chi connectivity index (χ3v) is 3.64. The standard InChI is InChI=1S/C17H23FN2O3/c1-6-13-14(23-8-7-22-5)16(21)20-10-11(17(2,3)4)9-12(18)15(20)19-13/h9-10H,6-8H2,1-5H3. The Bertz CT molecular complexity index is 763. The molecule has 0 aromatic carbocycles. The van der Waals surface area contributed by atoms with Crippen molar-refractivity contribution in [2.45, 2.75) is 39.5 Å². The van der Waals surface area contributed by atoms with Gasteiger partial charge < -0.3 is 9.47 Å². The highest BCUT2D eigenvalue weighted by Crippen LogP contribution is 2.24. The van der Waals surface area contributed by atoms with E-state index in [4.69, 9.17) is 9.47 Å². The third-order valence-electron chi connectivity index (χ3n) is 3.64. The maximum absolute atomic E-state index is 14.4. The molecule has 2 aromatic rings. The largest absolute Gasteiger partial charge is 0.484 e. The van der Waals surface area contributed by atoms with Crippen LogP contribution < -0.4 is 10.3 Å². The van der Waals surface area contributed by atoms with Gasteiger partial charge in [-0.05, 0) is 23.5 Å². The summed E-state index contributed by atoms with van der Waals surface area (Å²) >= 11 is 0. The molecule has 0 saturated heterocycles. The van der Waals surface area contributed by atoms with Gasteiger partial charge in [0.25, 0.3) is 0 Å². The molecule has 2 heterocycles. The summed E-state index contributed by atoms with van der Waals surface area (Å²) in [6.07, 6.45) is 2.12. The van der Waals surface area contributed by atoms with Gasteiger partial charge in [-0.2, -0.15) is 0 Å². The third kappa shape index (κ3) is 3.52. The minimum Gasteiger partial charge on any atom is -0.484 e. The van der Waals surface area contributed by atoms with Crippen molar-refractivity contribution < 1.29 is 13.9 Å². The lowest BCUT2D eigenvalue weighted by atomic mass is 9.88. The maximum atomic E-state index is 14.4. The molecule has 0 aliphatic rings. The van der Waals surface area contributed by atoms with Crippen LogP contribution in [0.25, 0.3) is 5.65 Å². The van der Waals surface area contributed by atoms with Gasteiger partial charge >= 0.3 is 5.56 Å². The number of pyridine rings is 1. The van der Waals surface area contributed by atoms with E-state index in [2.05, 4.69) is 4.98 Å². The summed E-state index contributed by atoms with van der Waals surface area (Å²) in [5.41, 5.74) is 0.522. The summed E-state index contributed by atoms with van der Waals surface area (Å²) in [4.78, 5) is 17.0. The van der Waals surface area contributed by atoms with Gasteiger partial charge in [0.1, 0.15) is 6.61 Å². The first-order chi connectivity index (χ1) is 10.8. The van der Waals surface area contributed by atoms with Gasteiger partial charge in [-0.1, -0.05) is 27.7 Å². The molecule has 0 N–H and O–H groups in total. The van der Waals surface area contributed by atoms with Gasteiger partial charge in [0, 0.05) is 13.3 Å². The van der Waals surface area contributed by atoms with E-state index >= 15 is 0 Å². The number of ether oxygens (including phenoxy) is 2. The van der Waals surface area contributed by atoms with Crippen molar-refractivity contribution in [1.82, 2.24) is 9.38 Å². The second kappa shape index (κ2) is 6.66. The van der Waals surface area contributed by atoms with Crippen LogP contribution >= 0.6 is 0 Å². The van der Waals surface area contributed by atoms with Crippen LogP contribution in [0.3, 0.4) is 0 Å². The molecular weight excluding hydrogens is 299 g/mol. The summed E-state index contributed by atoms with van der Waals surface area (Å²) < 4.78 is 26.1. The molecule has 0 spiro atoms. The lowest BCUT2D eigenvalue weighted by Crippen LogP contribution is -2.24. The predicted molar refractivity (Wildman–Crippen MR) is 86.9 cm³/mol. The number of halogens is 1. The van der Waals surface area contributed by atoms with Crippen molar-refractivity contribution in [2.24, 2.45) is 0 Å². The summed E-state index contributed by atoms with van der Waals surface area (Å²) in [6.45, 7) is 8.34. The number of hydrogen-bond acceptors (Lipinski definition) is 4. The molecule has 0 bridgehead atoms. The molecule has 126 valence electrons. The van der Waals surface area contributed by atoms with Gasteiger partial charge in [0.15, 0.2) is 11.5 Å². The van der Waals surface area contributed by atoms with Gasteiger partial charge in [0.2, 0.25) is 5.75 Å². The molecular formula is C17H23FN2O3. The molecule has 0 fully saturated rings. The highest BCUT2D eigenvalue weighted by molar-refractivity contribution is 5.46. The quantitative estimate of drug-likeness (QED) is 0.794. The maximum Gasteiger partial charge on any atom is 0.300 e. The lowest BCUT2D eigenvalue weighted by Gasteiger charge is -2.20. The second-order valence-electron chi connectivity index (χ2n) is 6.41. The molecule has 2 rings (SSSR count). The van der Waals surface area contributed by atoms with Crippen LogP contribution in [0.15, 0.2) is 17.1 Å². The zero-order valence-corrected chi connectivity index (χ0v) is 14.3. The van der Waals surface area contributed by atoms with E-state index in [0.29, 0.717) is 18.7 Å². The van der Waals surface area contributed by atoms with Crippen LogP contribution in [0.2, 0.25) is 0 Å². The molecule has 0 unspecified atom stereocenters. The Hall–Kier alpha value is -1.95. The van der Waals surface area contributed by atoms with E-state index in [-0.39, 0.29) is 23.4 Å². The molecule has 0 radical (unpaired) electrons. The smallest absolute Gasteiger partial charge is 0.300 e. The van der Waals surface area contributed by atoms with Gasteiger partial charge in [0.05, 0.1) is 12.3 Å². The van der Waals surface area contributed by atoms with Crippen LogP contribution in [0, 0.1) is 5.82 Å². The predicted octanol–water partition coefficient (Wildman–Crippen LogP) is 2.72. The van der Waals surface area contributed by atoms with E-state index in [9.17, 15) is 9.18 Å². The summed E-state index contributed by atoms with van der Waals surface area (Å²) in [5, 5.41) is 0. The Morgan fingerprint density at radius 1 is 1.30 bits per heavy atom. The number of nitrogens with zero attached hydrogens (tertiary/aromatic N) is 2. The van der Waals surface area contributed by atoms with Gasteiger partial charge in [-0.25, -0.2) is 9.37 Å². The number of aryl methyl sites for hydroxylation is 1. The number of methoxy groups -OCH3 is 1. The molecule has 2 aromatic heterocycles. The van der Waals surface area contributed by atoms with Crippen LogP contribution in [0.4, 0.5) is 4.39 Å². The molecule has 5 nitrogen and oxygen atoms in total. The van der Waals surface area contributed by atoms with Gasteiger partial charge in [-0.15, -0.1) is 0 Å². The van der Waals surface area contributed by atoms with Crippen LogP contribution in [-0.2, 0) is 16.6 Å². The van der Waals surface area contributed by atoms with Crippen LogP contribution in [0.1, 0.15) is 39.0 Å². The fraction of sp³-hybridized carbons (Fsp3) is 0.529. The van der Waals surface area contributed by atoms with Crippen molar-refractivity contribution in [3.63, 3.8) is 0 Å². The Morgan fingerprint density at radius 2 is 2.00 bits per heavy atom. The Balaban J connectivity index is 2.68. The van der Waals surface area contributed by atoms with E-state index in [1.165, 1.54) is 10.5 Å². The average Bonchev–Trinajstić information content (AvgIpc) is 2.48. The zero-order valence-electron chi connectivity index (χ0n) is 14.3. The van der Waals surface area contributed by atoms with Crippen LogP contribution in [0.5, 0.6) is 5.75 Å². The monoisotopic (exact) mass is 322 g/mol. The Kier molecular flexibility index (Phi) is 5.04. The molecule has 0 amide bonds. The van der Waals surface area contributed by atoms with E-state index in [1.807, 2.05) is 27.7 Å². The zero-order chi connectivity index (χ0) is 17.2. The molecule has 0 aliphatic carbocycles. The number of rotatable bonds is 5. The van der Waals surface area contributed by atoms with Crippen molar-refractivity contribution in [3.8, 4) is 5.75 Å². The topological polar surface area (TPSA) is 52.8 Å². The fourth-order valence-corrected chi connectivity index (χ4v) is 2.25. The van der Waals surface area contributed by atoms with E-state index in [1.54, 1.807) is 13.3 Å². The van der Waals surface area contributed by atoms with Crippen molar-refractivity contribution >= 4 is 5.65 Å². The first-order valence-corrected chi connectivity index (χ1v) is 7.66. The number of hydrogen-bond donors (Lipinski definition) is 0. The second-order valence-corrected chi connectivity index (χ2v) is 6.41. The first kappa shape index (κ1) is 17.4. The van der Waals surface area contributed by atoms with E-state index < -0.39 is 11.4 Å². The average molecular weight is 322 g/mol. The molecule has 6 heteroatoms. The van der Waals surface area contributed by atoms with Gasteiger partial charge in [-0.3, -0.25) is 9.20 Å². The summed E-state index contributed by atoms with van der Waals surface area (Å²) in [5.74, 6) is -0.347. The number of aromatic nitrogens is 2. The first-order valence-electron chi connectivity index (χ1n) is 7.66. The molecule has 0 saturated carbocycles. The lowest BCUT2D eigenvalue weighted by molar-refractivity contribution is 0.144. The minimum atomic E-state index is -0.507. The Morgan fingerprint density at radius 3 is 2.57 bits per heavy atom. The normalized spacial score (nSPS) is 11.9. The summed E-state index contributed by atoms with van der Waals surface area (Å²) in [6, 6.07) is 1.44. The molecule has 0 aliphatic heterocycles. The SMILES string of the molecule is CCc1nc2c(F)cc(C(C)(C)C)cn2c(=O)c1OCCOC. The summed E-state index contributed by atoms with van der Waals surface area (Å²) in [7, 11) is 1.56. The highest BCUT2D eigenvalue weighted by atomic mass is 19.1. The molecule has 23 heavy (non-hydrogen) atoms. The van der Waals surface area contributed by atoms with Crippen LogP contribution in [-0.4, -0.2) is 29.7 Å². The highest BCUT2D eigenvalue weighted by Gasteiger charge is 2.20. The Labute approximate surface area is 135 Å². The number of fused-ring (bicyclic) bond motifs is 1. The fourth-order valence-electron chi connectivity index (χ4n) is 2.25. The van der Waals surface area contributed by atoms with Crippen molar-refractivity contribution in [2.75, 3.05) is 20.3 Å². The van der Waals surface area contributed by atoms with E-state index in [0.717, 1.165) is 5.56 Å². The van der Waals surface area contributed by atoms with Crippen molar-refractivity contribution in [3.05, 3.63) is 39.7 Å². The minimum absolute atomic E-state index is 0.0268. The van der Waals surface area contributed by atoms with Crippen molar-refractivity contribution in [1.29, 1.82) is 0 Å². The molecule has 0 atom stereocenters.